The van der Waals surface area contributed by atoms with Gasteiger partial charge in [0.15, 0.2) is 0 Å². The molecule has 23 heavy (non-hydrogen) atoms. The first kappa shape index (κ1) is 15.0. The number of fused-ring (bicyclic) bond motifs is 1. The van der Waals surface area contributed by atoms with Gasteiger partial charge in [-0.25, -0.2) is 4.98 Å². The van der Waals surface area contributed by atoms with Crippen LogP contribution in [0.4, 0.5) is 11.5 Å². The van der Waals surface area contributed by atoms with Crippen molar-refractivity contribution in [3.8, 4) is 0 Å². The Kier molecular flexibility index (Phi) is 3.98. The molecule has 116 valence electrons. The molecular formula is C19H20N4. The van der Waals surface area contributed by atoms with Gasteiger partial charge in [-0.3, -0.25) is 5.01 Å². The summed E-state index contributed by atoms with van der Waals surface area (Å²) in [7, 11) is 1.90. The topological polar surface area (TPSA) is 54.5 Å². The van der Waals surface area contributed by atoms with E-state index in [0.717, 1.165) is 39.2 Å². The molecule has 0 spiro atoms. The van der Waals surface area contributed by atoms with Crippen molar-refractivity contribution >= 4 is 28.1 Å². The molecular weight excluding hydrogens is 284 g/mol. The molecule has 0 atom stereocenters. The lowest BCUT2D eigenvalue weighted by molar-refractivity contribution is 0.983. The fraction of sp³-hybridized carbons (Fsp3) is 0.158. The van der Waals surface area contributed by atoms with E-state index < -0.39 is 0 Å². The van der Waals surface area contributed by atoms with Crippen LogP contribution in [0.5, 0.6) is 0 Å². The summed E-state index contributed by atoms with van der Waals surface area (Å²) in [5.74, 6) is 0.800. The Hall–Kier alpha value is -2.88. The number of nitrogens with zero attached hydrogens (tertiary/aromatic N) is 3. The van der Waals surface area contributed by atoms with Crippen LogP contribution in [0.15, 0.2) is 59.7 Å². The first-order valence-corrected chi connectivity index (χ1v) is 7.56. The van der Waals surface area contributed by atoms with Crippen LogP contribution >= 0.6 is 0 Å². The van der Waals surface area contributed by atoms with E-state index in [9.17, 15) is 0 Å². The lowest BCUT2D eigenvalue weighted by atomic mass is 10.1. The quantitative estimate of drug-likeness (QED) is 0.452. The number of anilines is 2. The number of hydrogen-bond acceptors (Lipinski definition) is 4. The van der Waals surface area contributed by atoms with Gasteiger partial charge in [-0.2, -0.15) is 5.10 Å². The van der Waals surface area contributed by atoms with Crippen LogP contribution in [0.2, 0.25) is 0 Å². The maximum absolute atomic E-state index is 6.06. The van der Waals surface area contributed by atoms with Crippen molar-refractivity contribution < 1.29 is 0 Å². The molecule has 0 radical (unpaired) electrons. The molecule has 3 aromatic rings. The van der Waals surface area contributed by atoms with Gasteiger partial charge in [-0.15, -0.1) is 0 Å². The molecule has 1 heterocycles. The van der Waals surface area contributed by atoms with Crippen molar-refractivity contribution in [1.82, 2.24) is 4.98 Å². The molecule has 0 unspecified atom stereocenters. The van der Waals surface area contributed by atoms with E-state index in [1.54, 1.807) is 5.01 Å². The smallest absolute Gasteiger partial charge is 0.149 e. The van der Waals surface area contributed by atoms with Gasteiger partial charge in [0.05, 0.1) is 11.2 Å². The zero-order valence-corrected chi connectivity index (χ0v) is 13.6. The number of aromatic nitrogens is 1. The monoisotopic (exact) mass is 304 g/mol. The first-order valence-electron chi connectivity index (χ1n) is 7.56. The Bertz CT molecular complexity index is 883. The van der Waals surface area contributed by atoms with Gasteiger partial charge >= 0.3 is 0 Å². The van der Waals surface area contributed by atoms with Gasteiger partial charge in [0.2, 0.25) is 0 Å². The van der Waals surface area contributed by atoms with E-state index in [-0.39, 0.29) is 0 Å². The third-order valence-electron chi connectivity index (χ3n) is 3.81. The summed E-state index contributed by atoms with van der Waals surface area (Å²) in [6, 6.07) is 18.0. The van der Waals surface area contributed by atoms with Crippen LogP contribution in [0.1, 0.15) is 18.1 Å². The predicted octanol–water partition coefficient (Wildman–Crippen LogP) is 3.99. The summed E-state index contributed by atoms with van der Waals surface area (Å²) in [5, 5.41) is 7.53. The average molecular weight is 304 g/mol. The number of nitrogens with two attached hydrogens (primary N) is 1. The first-order chi connectivity index (χ1) is 11.0. The van der Waals surface area contributed by atoms with Crippen molar-refractivity contribution in [3.05, 3.63) is 65.7 Å². The van der Waals surface area contributed by atoms with Crippen molar-refractivity contribution in [3.63, 3.8) is 0 Å². The fourth-order valence-corrected chi connectivity index (χ4v) is 2.55. The minimum Gasteiger partial charge on any atom is -0.398 e. The number of para-hydroxylation sites is 1. The van der Waals surface area contributed by atoms with Crippen molar-refractivity contribution in [2.24, 2.45) is 5.10 Å². The molecule has 4 heteroatoms. The number of benzene rings is 2. The highest BCUT2D eigenvalue weighted by Crippen LogP contribution is 2.19. The average Bonchev–Trinajstić information content (AvgIpc) is 2.56. The second kappa shape index (κ2) is 6.08. The summed E-state index contributed by atoms with van der Waals surface area (Å²) in [6.07, 6.45) is 0. The Labute approximate surface area is 136 Å². The standard InChI is InChI=1S/C19H20N4/c1-13-8-10-17(20)16(12-13)14(2)22-23(3)19-11-9-15-6-4-5-7-18(15)21-19/h4-12H,20H2,1-3H3/b22-14+. The predicted molar refractivity (Wildman–Crippen MR) is 97.9 cm³/mol. The molecule has 0 amide bonds. The van der Waals surface area contributed by atoms with Gasteiger partial charge in [-0.1, -0.05) is 29.8 Å². The lowest BCUT2D eigenvalue weighted by Gasteiger charge is -2.15. The molecule has 2 aromatic carbocycles. The summed E-state index contributed by atoms with van der Waals surface area (Å²) in [5.41, 5.74) is 10.7. The Morgan fingerprint density at radius 3 is 2.70 bits per heavy atom. The van der Waals surface area contributed by atoms with Crippen LogP contribution < -0.4 is 10.7 Å². The maximum Gasteiger partial charge on any atom is 0.149 e. The van der Waals surface area contributed by atoms with E-state index in [0.29, 0.717) is 0 Å². The SMILES string of the molecule is C/C(=N\N(C)c1ccc2ccccc2n1)c1cc(C)ccc1N. The second-order valence-electron chi connectivity index (χ2n) is 5.66. The highest BCUT2D eigenvalue weighted by atomic mass is 15.5. The zero-order chi connectivity index (χ0) is 16.4. The largest absolute Gasteiger partial charge is 0.398 e. The van der Waals surface area contributed by atoms with Crippen molar-refractivity contribution in [2.45, 2.75) is 13.8 Å². The van der Waals surface area contributed by atoms with E-state index in [4.69, 9.17) is 5.73 Å². The number of hydrazone groups is 1. The number of pyridine rings is 1. The Morgan fingerprint density at radius 2 is 1.87 bits per heavy atom. The van der Waals surface area contributed by atoms with E-state index >= 15 is 0 Å². The second-order valence-corrected chi connectivity index (χ2v) is 5.66. The lowest BCUT2D eigenvalue weighted by Crippen LogP contribution is -2.14. The molecule has 4 nitrogen and oxygen atoms in total. The molecule has 0 fully saturated rings. The highest BCUT2D eigenvalue weighted by Gasteiger charge is 2.07. The summed E-state index contributed by atoms with van der Waals surface area (Å²) < 4.78 is 0. The van der Waals surface area contributed by atoms with Crippen LogP contribution in [0, 0.1) is 6.92 Å². The number of rotatable bonds is 3. The fourth-order valence-electron chi connectivity index (χ4n) is 2.55. The molecule has 0 aliphatic heterocycles. The molecule has 0 saturated carbocycles. The minimum absolute atomic E-state index is 0.733. The maximum atomic E-state index is 6.06. The molecule has 2 N–H and O–H groups in total. The van der Waals surface area contributed by atoms with Crippen LogP contribution in [0.3, 0.4) is 0 Å². The van der Waals surface area contributed by atoms with Crippen LogP contribution in [0.25, 0.3) is 10.9 Å². The highest BCUT2D eigenvalue weighted by molar-refractivity contribution is 6.03. The Balaban J connectivity index is 1.94. The van der Waals surface area contributed by atoms with Crippen LogP contribution in [-0.2, 0) is 0 Å². The van der Waals surface area contributed by atoms with E-state index in [2.05, 4.69) is 22.2 Å². The van der Waals surface area contributed by atoms with Gasteiger partial charge in [0.25, 0.3) is 0 Å². The summed E-state index contributed by atoms with van der Waals surface area (Å²) in [6.45, 7) is 4.01. The summed E-state index contributed by atoms with van der Waals surface area (Å²) in [4.78, 5) is 4.65. The Morgan fingerprint density at radius 1 is 1.09 bits per heavy atom. The molecule has 0 aliphatic carbocycles. The summed E-state index contributed by atoms with van der Waals surface area (Å²) >= 11 is 0. The minimum atomic E-state index is 0.733. The van der Waals surface area contributed by atoms with Crippen molar-refractivity contribution in [2.75, 3.05) is 17.8 Å². The van der Waals surface area contributed by atoms with E-state index in [1.807, 2.05) is 63.4 Å². The molecule has 3 rings (SSSR count). The van der Waals surface area contributed by atoms with Gasteiger partial charge in [0, 0.05) is 23.7 Å². The van der Waals surface area contributed by atoms with Crippen LogP contribution in [-0.4, -0.2) is 17.7 Å². The molecule has 0 aliphatic rings. The third-order valence-corrected chi connectivity index (χ3v) is 3.81. The molecule has 1 aromatic heterocycles. The van der Waals surface area contributed by atoms with Gasteiger partial charge in [0.1, 0.15) is 5.82 Å². The number of aryl methyl sites for hydroxylation is 1. The third kappa shape index (κ3) is 3.16. The molecule has 0 bridgehead atoms. The van der Waals surface area contributed by atoms with Crippen molar-refractivity contribution in [1.29, 1.82) is 0 Å². The number of nitrogen functional groups attached to an aromatic ring is 1. The molecule has 0 saturated heterocycles. The number of hydrogen-bond donors (Lipinski definition) is 1. The van der Waals surface area contributed by atoms with Gasteiger partial charge in [-0.05, 0) is 44.2 Å². The van der Waals surface area contributed by atoms with Gasteiger partial charge < -0.3 is 5.73 Å². The van der Waals surface area contributed by atoms with E-state index in [1.165, 1.54) is 0 Å². The zero-order valence-electron chi connectivity index (χ0n) is 13.6. The normalized spacial score (nSPS) is 11.7.